The van der Waals surface area contributed by atoms with Crippen LogP contribution in [0.25, 0.3) is 0 Å². The second-order valence-electron chi connectivity index (χ2n) is 6.34. The molecule has 1 heterocycles. The van der Waals surface area contributed by atoms with E-state index >= 15 is 0 Å². The molecule has 2 aromatic rings. The summed E-state index contributed by atoms with van der Waals surface area (Å²) in [6.45, 7) is 5.48. The Kier molecular flexibility index (Phi) is 4.51. The van der Waals surface area contributed by atoms with Gasteiger partial charge in [-0.15, -0.1) is 0 Å². The maximum atomic E-state index is 13.1. The number of nitrogens with one attached hydrogen (secondary N) is 1. The van der Waals surface area contributed by atoms with Crippen LogP contribution in [0.3, 0.4) is 0 Å². The van der Waals surface area contributed by atoms with Crippen LogP contribution in [0.4, 0.5) is 5.69 Å². The van der Waals surface area contributed by atoms with E-state index in [1.165, 1.54) is 12.1 Å². The number of ether oxygens (including phenoxy) is 2. The molecule has 1 aliphatic rings. The maximum absolute atomic E-state index is 13.1. The summed E-state index contributed by atoms with van der Waals surface area (Å²) in [4.78, 5) is 0.148. The van der Waals surface area contributed by atoms with E-state index in [-0.39, 0.29) is 23.4 Å². The van der Waals surface area contributed by atoms with Gasteiger partial charge in [-0.25, -0.2) is 8.42 Å². The zero-order chi connectivity index (χ0) is 18.2. The molecule has 7 heteroatoms. The first-order valence-corrected chi connectivity index (χ1v) is 9.54. The summed E-state index contributed by atoms with van der Waals surface area (Å²) >= 11 is 0. The lowest BCUT2D eigenvalue weighted by atomic mass is 10.1. The predicted molar refractivity (Wildman–Crippen MR) is 94.8 cm³/mol. The molecule has 134 valence electrons. The summed E-state index contributed by atoms with van der Waals surface area (Å²) in [6.07, 6.45) is 0. The molecule has 2 aromatic carbocycles. The van der Waals surface area contributed by atoms with Gasteiger partial charge in [0.25, 0.3) is 0 Å². The van der Waals surface area contributed by atoms with Crippen molar-refractivity contribution in [3.05, 3.63) is 42.0 Å². The van der Waals surface area contributed by atoms with Gasteiger partial charge in [0.1, 0.15) is 11.1 Å². The van der Waals surface area contributed by atoms with E-state index in [0.29, 0.717) is 22.7 Å². The van der Waals surface area contributed by atoms with Gasteiger partial charge in [-0.2, -0.15) is 0 Å². The molecule has 0 fully saturated rings. The number of aromatic hydroxyl groups is 1. The Morgan fingerprint density at radius 1 is 1.12 bits per heavy atom. The van der Waals surface area contributed by atoms with Crippen LogP contribution in [0, 0.1) is 12.8 Å². The highest BCUT2D eigenvalue weighted by Gasteiger charge is 2.32. The minimum absolute atomic E-state index is 0.0500. The Morgan fingerprint density at radius 3 is 2.56 bits per heavy atom. The highest BCUT2D eigenvalue weighted by Crippen LogP contribution is 2.36. The van der Waals surface area contributed by atoms with Crippen LogP contribution in [0.5, 0.6) is 17.2 Å². The third kappa shape index (κ3) is 3.24. The number of sulfone groups is 1. The highest BCUT2D eigenvalue weighted by atomic mass is 32.2. The Hall–Kier alpha value is -2.41. The molecule has 1 atom stereocenters. The molecular formula is C18H21NO5S. The van der Waals surface area contributed by atoms with E-state index in [2.05, 4.69) is 5.32 Å². The van der Waals surface area contributed by atoms with E-state index < -0.39 is 15.2 Å². The summed E-state index contributed by atoms with van der Waals surface area (Å²) < 4.78 is 36.8. The van der Waals surface area contributed by atoms with Crippen molar-refractivity contribution in [1.82, 2.24) is 0 Å². The number of phenols is 1. The number of para-hydroxylation sites is 1. The second-order valence-corrected chi connectivity index (χ2v) is 8.41. The second kappa shape index (κ2) is 6.48. The third-order valence-corrected chi connectivity index (χ3v) is 6.39. The van der Waals surface area contributed by atoms with E-state index in [1.807, 2.05) is 13.8 Å². The van der Waals surface area contributed by atoms with Gasteiger partial charge in [0.2, 0.25) is 6.79 Å². The number of rotatable bonds is 5. The van der Waals surface area contributed by atoms with Crippen LogP contribution in [0.2, 0.25) is 0 Å². The summed E-state index contributed by atoms with van der Waals surface area (Å²) in [6, 6.07) is 9.77. The smallest absolute Gasteiger partial charge is 0.231 e. The molecule has 6 nitrogen and oxygen atoms in total. The molecule has 2 N–H and O–H groups in total. The fourth-order valence-electron chi connectivity index (χ4n) is 2.73. The van der Waals surface area contributed by atoms with Crippen molar-refractivity contribution < 1.29 is 23.0 Å². The van der Waals surface area contributed by atoms with Crippen molar-refractivity contribution in [1.29, 1.82) is 0 Å². The van der Waals surface area contributed by atoms with Gasteiger partial charge in [-0.05, 0) is 36.6 Å². The molecule has 1 unspecified atom stereocenters. The van der Waals surface area contributed by atoms with E-state index in [9.17, 15) is 13.5 Å². The fraction of sp³-hybridized carbons (Fsp3) is 0.333. The quantitative estimate of drug-likeness (QED) is 0.793. The van der Waals surface area contributed by atoms with Gasteiger partial charge in [-0.1, -0.05) is 26.0 Å². The standard InChI is InChI=1S/C18H21NO5S/c1-11(2)18(19-14-6-4-5-12(3)17(14)20)25(21,22)13-7-8-15-16(9-13)24-10-23-15/h4-9,11,18-20H,10H2,1-3H3. The molecule has 0 aromatic heterocycles. The topological polar surface area (TPSA) is 84.9 Å². The van der Waals surface area contributed by atoms with E-state index in [4.69, 9.17) is 9.47 Å². The lowest BCUT2D eigenvalue weighted by Crippen LogP contribution is -2.34. The Labute approximate surface area is 147 Å². The first-order chi connectivity index (χ1) is 11.8. The minimum Gasteiger partial charge on any atom is -0.506 e. The van der Waals surface area contributed by atoms with Crippen molar-refractivity contribution in [3.8, 4) is 17.2 Å². The van der Waals surface area contributed by atoms with Gasteiger partial charge in [-0.3, -0.25) is 0 Å². The van der Waals surface area contributed by atoms with Crippen molar-refractivity contribution in [3.63, 3.8) is 0 Å². The predicted octanol–water partition coefficient (Wildman–Crippen LogP) is 3.30. The Morgan fingerprint density at radius 2 is 1.84 bits per heavy atom. The van der Waals surface area contributed by atoms with Crippen molar-refractivity contribution in [2.75, 3.05) is 12.1 Å². The van der Waals surface area contributed by atoms with Gasteiger partial charge in [0.15, 0.2) is 21.3 Å². The highest BCUT2D eigenvalue weighted by molar-refractivity contribution is 7.92. The zero-order valence-electron chi connectivity index (χ0n) is 14.3. The molecule has 1 aliphatic heterocycles. The number of hydrogen-bond acceptors (Lipinski definition) is 6. The van der Waals surface area contributed by atoms with Crippen LogP contribution in [-0.4, -0.2) is 25.7 Å². The third-order valence-electron chi connectivity index (χ3n) is 4.15. The van der Waals surface area contributed by atoms with Crippen molar-refractivity contribution in [2.24, 2.45) is 5.92 Å². The summed E-state index contributed by atoms with van der Waals surface area (Å²) in [5.74, 6) is 0.774. The van der Waals surface area contributed by atoms with Crippen LogP contribution < -0.4 is 14.8 Å². The summed E-state index contributed by atoms with van der Waals surface area (Å²) in [5.41, 5.74) is 1.07. The largest absolute Gasteiger partial charge is 0.506 e. The van der Waals surface area contributed by atoms with Gasteiger partial charge in [0, 0.05) is 6.07 Å². The molecule has 3 rings (SSSR count). The van der Waals surface area contributed by atoms with Crippen molar-refractivity contribution in [2.45, 2.75) is 31.0 Å². The molecule has 0 saturated carbocycles. The molecule has 25 heavy (non-hydrogen) atoms. The monoisotopic (exact) mass is 363 g/mol. The number of aryl methyl sites for hydroxylation is 1. The molecule has 0 aliphatic carbocycles. The fourth-order valence-corrected chi connectivity index (χ4v) is 4.55. The molecule has 0 radical (unpaired) electrons. The van der Waals surface area contributed by atoms with Gasteiger partial charge >= 0.3 is 0 Å². The number of anilines is 1. The van der Waals surface area contributed by atoms with E-state index in [0.717, 1.165) is 0 Å². The Bertz CT molecular complexity index is 892. The van der Waals surface area contributed by atoms with Crippen molar-refractivity contribution >= 4 is 15.5 Å². The summed E-state index contributed by atoms with van der Waals surface area (Å²) in [5, 5.41) is 12.3. The normalized spacial score (nSPS) is 14.6. The number of fused-ring (bicyclic) bond motifs is 1. The van der Waals surface area contributed by atoms with Crippen LogP contribution >= 0.6 is 0 Å². The lowest BCUT2D eigenvalue weighted by Gasteiger charge is -2.24. The Balaban J connectivity index is 1.98. The van der Waals surface area contributed by atoms with Gasteiger partial charge in [0.05, 0.1) is 10.6 Å². The zero-order valence-corrected chi connectivity index (χ0v) is 15.1. The van der Waals surface area contributed by atoms with E-state index in [1.54, 1.807) is 31.2 Å². The molecule has 0 amide bonds. The van der Waals surface area contributed by atoms with Crippen LogP contribution in [0.15, 0.2) is 41.3 Å². The molecule has 0 saturated heterocycles. The van der Waals surface area contributed by atoms with Gasteiger partial charge < -0.3 is 19.9 Å². The minimum atomic E-state index is -3.71. The average molecular weight is 363 g/mol. The number of phenolic OH excluding ortho intramolecular Hbond substituents is 1. The number of hydrogen-bond donors (Lipinski definition) is 2. The summed E-state index contributed by atoms with van der Waals surface area (Å²) in [7, 11) is -3.71. The van der Waals surface area contributed by atoms with Crippen LogP contribution in [-0.2, 0) is 9.84 Å². The first-order valence-electron chi connectivity index (χ1n) is 7.99. The molecule has 0 spiro atoms. The molecule has 0 bridgehead atoms. The first kappa shape index (κ1) is 17.4. The number of benzene rings is 2. The molecular weight excluding hydrogens is 342 g/mol. The SMILES string of the molecule is Cc1cccc(NC(C(C)C)S(=O)(=O)c2ccc3c(c2)OCO3)c1O. The average Bonchev–Trinajstić information content (AvgIpc) is 3.03. The maximum Gasteiger partial charge on any atom is 0.231 e. The lowest BCUT2D eigenvalue weighted by molar-refractivity contribution is 0.174. The van der Waals surface area contributed by atoms with Crippen LogP contribution in [0.1, 0.15) is 19.4 Å².